The average molecular weight is 436 g/mol. The van der Waals surface area contributed by atoms with Crippen LogP contribution < -0.4 is 4.90 Å². The zero-order valence-electron chi connectivity index (χ0n) is 16.3. The van der Waals surface area contributed by atoms with Gasteiger partial charge in [-0.15, -0.1) is 0 Å². The molecule has 0 aliphatic carbocycles. The molecule has 0 spiro atoms. The van der Waals surface area contributed by atoms with Crippen LogP contribution in [0.15, 0.2) is 42.5 Å². The van der Waals surface area contributed by atoms with Gasteiger partial charge in [-0.05, 0) is 51.0 Å². The van der Waals surface area contributed by atoms with Gasteiger partial charge < -0.3 is 14.7 Å². The van der Waals surface area contributed by atoms with E-state index >= 15 is 0 Å². The molecule has 154 valence electrons. The predicted molar refractivity (Wildman–Crippen MR) is 114 cm³/mol. The highest BCUT2D eigenvalue weighted by molar-refractivity contribution is 6.31. The Morgan fingerprint density at radius 3 is 2.55 bits per heavy atom. The first kappa shape index (κ1) is 21.6. The number of carbonyl (C=O) groups excluding carboxylic acids is 1. The van der Waals surface area contributed by atoms with Crippen LogP contribution in [-0.2, 0) is 14.3 Å². The van der Waals surface area contributed by atoms with Gasteiger partial charge in [0.25, 0.3) is 5.91 Å². The van der Waals surface area contributed by atoms with Crippen molar-refractivity contribution in [3.63, 3.8) is 0 Å². The second-order valence-electron chi connectivity index (χ2n) is 7.32. The fourth-order valence-corrected chi connectivity index (χ4v) is 4.03. The molecule has 7 heteroatoms. The summed E-state index contributed by atoms with van der Waals surface area (Å²) < 4.78 is 6.31. The van der Waals surface area contributed by atoms with Gasteiger partial charge in [0.05, 0.1) is 5.69 Å². The molecular formula is C22H23Cl2NO4. The fourth-order valence-electron chi connectivity index (χ4n) is 3.62. The SMILES string of the molecule is CC(C)N1C(=O)[C@@H](CCCC(=O)O)O[C@H](c2ccccc2Cl)c2cc(Cl)ccc21. The molecule has 0 fully saturated rings. The molecular weight excluding hydrogens is 413 g/mol. The molecule has 5 nitrogen and oxygen atoms in total. The number of halogens is 2. The van der Waals surface area contributed by atoms with E-state index in [0.717, 1.165) is 16.8 Å². The Kier molecular flexibility index (Phi) is 6.83. The topological polar surface area (TPSA) is 66.8 Å². The Morgan fingerprint density at radius 1 is 1.17 bits per heavy atom. The first-order valence-corrected chi connectivity index (χ1v) is 10.3. The number of aliphatic carboxylic acids is 1. The lowest BCUT2D eigenvalue weighted by atomic mass is 9.99. The first-order chi connectivity index (χ1) is 13.8. The number of fused-ring (bicyclic) bond motifs is 1. The molecule has 3 rings (SSSR count). The van der Waals surface area contributed by atoms with E-state index in [2.05, 4.69) is 0 Å². The van der Waals surface area contributed by atoms with Gasteiger partial charge in [0.1, 0.15) is 12.2 Å². The Balaban J connectivity index is 2.11. The summed E-state index contributed by atoms with van der Waals surface area (Å²) in [7, 11) is 0. The maximum Gasteiger partial charge on any atom is 0.303 e. The second kappa shape index (κ2) is 9.16. The largest absolute Gasteiger partial charge is 0.481 e. The highest BCUT2D eigenvalue weighted by Gasteiger charge is 2.38. The van der Waals surface area contributed by atoms with Crippen LogP contribution in [0.2, 0.25) is 10.0 Å². The highest BCUT2D eigenvalue weighted by atomic mass is 35.5. The second-order valence-corrected chi connectivity index (χ2v) is 8.16. The van der Waals surface area contributed by atoms with Crippen molar-refractivity contribution >= 4 is 40.8 Å². The van der Waals surface area contributed by atoms with Crippen LogP contribution >= 0.6 is 23.2 Å². The quantitative estimate of drug-likeness (QED) is 0.652. The zero-order valence-corrected chi connectivity index (χ0v) is 17.8. The van der Waals surface area contributed by atoms with Crippen LogP contribution in [0.25, 0.3) is 0 Å². The van der Waals surface area contributed by atoms with Gasteiger partial charge in [0.15, 0.2) is 0 Å². The van der Waals surface area contributed by atoms with Crippen molar-refractivity contribution in [3.8, 4) is 0 Å². The lowest BCUT2D eigenvalue weighted by molar-refractivity contribution is -0.138. The van der Waals surface area contributed by atoms with E-state index in [4.69, 9.17) is 33.0 Å². The van der Waals surface area contributed by atoms with Crippen LogP contribution in [0.4, 0.5) is 5.69 Å². The van der Waals surface area contributed by atoms with Gasteiger partial charge in [-0.2, -0.15) is 0 Å². The standard InChI is InChI=1S/C22H23Cl2NO4/c1-13(2)25-18-11-10-14(23)12-16(18)21(15-6-3-4-7-17(15)24)29-19(22(25)28)8-5-9-20(26)27/h3-4,6-7,10-13,19,21H,5,8-9H2,1-2H3,(H,26,27)/t19-,21-/m1/s1. The number of carboxylic acids is 1. The highest BCUT2D eigenvalue weighted by Crippen LogP contribution is 2.42. The molecule has 0 saturated heterocycles. The molecule has 0 unspecified atom stereocenters. The summed E-state index contributed by atoms with van der Waals surface area (Å²) in [4.78, 5) is 26.0. The molecule has 29 heavy (non-hydrogen) atoms. The van der Waals surface area contributed by atoms with Crippen molar-refractivity contribution in [3.05, 3.63) is 63.6 Å². The molecule has 2 aromatic carbocycles. The van der Waals surface area contributed by atoms with Crippen LogP contribution in [0.3, 0.4) is 0 Å². The molecule has 2 atom stereocenters. The lowest BCUT2D eigenvalue weighted by Gasteiger charge is -2.28. The number of amides is 1. The van der Waals surface area contributed by atoms with E-state index in [1.165, 1.54) is 0 Å². The Morgan fingerprint density at radius 2 is 1.90 bits per heavy atom. The number of rotatable bonds is 6. The van der Waals surface area contributed by atoms with E-state index in [1.807, 2.05) is 38.1 Å². The van der Waals surface area contributed by atoms with Gasteiger partial charge in [0, 0.05) is 33.6 Å². The third-order valence-electron chi connectivity index (χ3n) is 4.91. The minimum atomic E-state index is -0.899. The smallest absolute Gasteiger partial charge is 0.303 e. The molecule has 1 heterocycles. The minimum absolute atomic E-state index is 0.0235. The maximum absolute atomic E-state index is 13.4. The molecule has 2 aromatic rings. The summed E-state index contributed by atoms with van der Waals surface area (Å²) in [5.74, 6) is -1.09. The summed E-state index contributed by atoms with van der Waals surface area (Å²) >= 11 is 12.7. The Labute approximate surface area is 180 Å². The fraction of sp³-hybridized carbons (Fsp3) is 0.364. The van der Waals surface area contributed by atoms with Crippen LogP contribution in [0.5, 0.6) is 0 Å². The minimum Gasteiger partial charge on any atom is -0.481 e. The first-order valence-electron chi connectivity index (χ1n) is 9.53. The molecule has 0 saturated carbocycles. The van der Waals surface area contributed by atoms with Crippen molar-refractivity contribution in [2.24, 2.45) is 0 Å². The van der Waals surface area contributed by atoms with Gasteiger partial charge in [-0.25, -0.2) is 0 Å². The summed E-state index contributed by atoms with van der Waals surface area (Å²) in [6.07, 6.45) is -0.769. The van der Waals surface area contributed by atoms with E-state index in [0.29, 0.717) is 22.9 Å². The summed E-state index contributed by atoms with van der Waals surface area (Å²) in [5, 5.41) is 10.0. The van der Waals surface area contributed by atoms with Crippen molar-refractivity contribution in [1.29, 1.82) is 0 Å². The van der Waals surface area contributed by atoms with Crippen molar-refractivity contribution in [1.82, 2.24) is 0 Å². The normalized spacial score (nSPS) is 19.2. The van der Waals surface area contributed by atoms with Crippen molar-refractivity contribution < 1.29 is 19.4 Å². The number of hydrogen-bond acceptors (Lipinski definition) is 3. The number of anilines is 1. The molecule has 1 aliphatic heterocycles. The summed E-state index contributed by atoms with van der Waals surface area (Å²) in [6, 6.07) is 12.6. The van der Waals surface area contributed by atoms with E-state index in [9.17, 15) is 9.59 Å². The number of hydrogen-bond donors (Lipinski definition) is 1. The molecule has 0 radical (unpaired) electrons. The third kappa shape index (κ3) is 4.74. The van der Waals surface area contributed by atoms with Gasteiger partial charge >= 0.3 is 5.97 Å². The number of carbonyl (C=O) groups is 2. The number of nitrogens with zero attached hydrogens (tertiary/aromatic N) is 1. The Bertz CT molecular complexity index is 915. The molecule has 0 aromatic heterocycles. The summed E-state index contributed by atoms with van der Waals surface area (Å²) in [6.45, 7) is 3.86. The van der Waals surface area contributed by atoms with Gasteiger partial charge in [-0.3, -0.25) is 9.59 Å². The van der Waals surface area contributed by atoms with Crippen molar-refractivity contribution in [2.45, 2.75) is 51.4 Å². The monoisotopic (exact) mass is 435 g/mol. The molecule has 1 amide bonds. The van der Waals surface area contributed by atoms with Crippen LogP contribution in [0, 0.1) is 0 Å². The zero-order chi connectivity index (χ0) is 21.1. The lowest BCUT2D eigenvalue weighted by Crippen LogP contribution is -2.43. The van der Waals surface area contributed by atoms with Crippen molar-refractivity contribution in [2.75, 3.05) is 4.90 Å². The molecule has 0 bridgehead atoms. The Hall–Kier alpha value is -2.08. The van der Waals surface area contributed by atoms with Gasteiger partial charge in [-0.1, -0.05) is 41.4 Å². The van der Waals surface area contributed by atoms with E-state index in [1.54, 1.807) is 23.1 Å². The van der Waals surface area contributed by atoms with Crippen LogP contribution in [-0.4, -0.2) is 29.1 Å². The molecule has 1 aliphatic rings. The van der Waals surface area contributed by atoms with Gasteiger partial charge in [0.2, 0.25) is 0 Å². The number of carboxylic acid groups (broad SMARTS) is 1. The maximum atomic E-state index is 13.4. The third-order valence-corrected chi connectivity index (χ3v) is 5.49. The number of ether oxygens (including phenoxy) is 1. The summed E-state index contributed by atoms with van der Waals surface area (Å²) in [5.41, 5.74) is 2.22. The number of benzene rings is 2. The average Bonchev–Trinajstić information content (AvgIpc) is 2.77. The predicted octanol–water partition coefficient (Wildman–Crippen LogP) is 5.48. The molecule has 1 N–H and O–H groups in total. The van der Waals surface area contributed by atoms with E-state index in [-0.39, 0.29) is 18.4 Å². The van der Waals surface area contributed by atoms with Crippen LogP contribution in [0.1, 0.15) is 50.3 Å². The van der Waals surface area contributed by atoms with E-state index < -0.39 is 18.2 Å².